The van der Waals surface area contributed by atoms with Gasteiger partial charge >= 0.3 is 6.03 Å². The van der Waals surface area contributed by atoms with E-state index in [1.165, 1.54) is 12.1 Å². The van der Waals surface area contributed by atoms with Crippen molar-refractivity contribution in [3.05, 3.63) is 130 Å². The Kier molecular flexibility index (Phi) is 6.00. The molecule has 0 bridgehead atoms. The minimum atomic E-state index is -0.559. The summed E-state index contributed by atoms with van der Waals surface area (Å²) in [5.41, 5.74) is 5.51. The number of nitrogens with zero attached hydrogens (tertiary/aromatic N) is 4. The highest BCUT2D eigenvalue weighted by Gasteiger charge is 2.36. The van der Waals surface area contributed by atoms with Crippen LogP contribution in [0.25, 0.3) is 11.5 Å². The van der Waals surface area contributed by atoms with E-state index in [9.17, 15) is 9.18 Å². The fourth-order valence-corrected chi connectivity index (χ4v) is 5.28. The molecular formula is C30H25ClFN5O. The van der Waals surface area contributed by atoms with Crippen LogP contribution >= 0.6 is 11.6 Å². The van der Waals surface area contributed by atoms with Crippen molar-refractivity contribution >= 4 is 23.3 Å². The van der Waals surface area contributed by atoms with E-state index >= 15 is 0 Å². The van der Waals surface area contributed by atoms with E-state index in [2.05, 4.69) is 9.88 Å². The highest BCUT2D eigenvalue weighted by molar-refractivity contribution is 6.31. The highest BCUT2D eigenvalue weighted by Crippen LogP contribution is 2.39. The normalized spacial score (nSPS) is 14.5. The van der Waals surface area contributed by atoms with Crippen molar-refractivity contribution in [3.63, 3.8) is 0 Å². The van der Waals surface area contributed by atoms with Crippen LogP contribution in [0.2, 0.25) is 5.02 Å². The number of urea groups is 1. The third-order valence-corrected chi connectivity index (χ3v) is 7.43. The van der Waals surface area contributed by atoms with Gasteiger partial charge < -0.3 is 14.8 Å². The van der Waals surface area contributed by atoms with Gasteiger partial charge in [0.15, 0.2) is 0 Å². The van der Waals surface area contributed by atoms with Crippen LogP contribution in [0.3, 0.4) is 0 Å². The second-order valence-corrected chi connectivity index (χ2v) is 9.77. The topological polar surface area (TPSA) is 55.1 Å². The number of benzene rings is 3. The zero-order valence-electron chi connectivity index (χ0n) is 20.9. The zero-order chi connectivity index (χ0) is 26.4. The third-order valence-electron chi connectivity index (χ3n) is 7.02. The Morgan fingerprint density at radius 3 is 2.58 bits per heavy atom. The van der Waals surface area contributed by atoms with Crippen LogP contribution in [0.5, 0.6) is 0 Å². The minimum Gasteiger partial charge on any atom is -0.307 e. The fraction of sp³-hybridized carbons (Fsp3) is 0.133. The summed E-state index contributed by atoms with van der Waals surface area (Å²) in [4.78, 5) is 15.8. The maximum absolute atomic E-state index is 14.5. The molecule has 1 aliphatic rings. The molecule has 190 valence electrons. The SMILES string of the molecule is Cc1nn(-c2ccccc2)c2c1CN(C(=O)Nc1cccc(Cl)c1C)[C@H](c1cccc(F)c1)c1cccn1-2. The van der Waals surface area contributed by atoms with E-state index in [-0.39, 0.29) is 18.4 Å². The molecule has 3 heterocycles. The third kappa shape index (κ3) is 4.05. The van der Waals surface area contributed by atoms with Crippen LogP contribution in [0, 0.1) is 19.7 Å². The molecule has 3 aromatic carbocycles. The summed E-state index contributed by atoms with van der Waals surface area (Å²) < 4.78 is 18.4. The van der Waals surface area contributed by atoms with Gasteiger partial charge in [0.1, 0.15) is 11.6 Å². The first-order valence-corrected chi connectivity index (χ1v) is 12.7. The van der Waals surface area contributed by atoms with Crippen LogP contribution in [0.1, 0.15) is 34.1 Å². The fourth-order valence-electron chi connectivity index (χ4n) is 5.11. The summed E-state index contributed by atoms with van der Waals surface area (Å²) in [7, 11) is 0. The number of carbonyl (C=O) groups excluding carboxylic acids is 1. The van der Waals surface area contributed by atoms with E-state index < -0.39 is 6.04 Å². The number of hydrogen-bond donors (Lipinski definition) is 1. The van der Waals surface area contributed by atoms with E-state index in [1.807, 2.05) is 79.3 Å². The molecule has 6 rings (SSSR count). The number of fused-ring (bicyclic) bond motifs is 3. The first kappa shape index (κ1) is 24.0. The zero-order valence-corrected chi connectivity index (χ0v) is 21.7. The number of halogens is 2. The predicted octanol–water partition coefficient (Wildman–Crippen LogP) is 7.21. The molecule has 1 aliphatic heterocycles. The Labute approximate surface area is 224 Å². The molecular weight excluding hydrogens is 501 g/mol. The molecule has 1 atom stereocenters. The van der Waals surface area contributed by atoms with Crippen molar-refractivity contribution in [1.82, 2.24) is 19.2 Å². The summed E-state index contributed by atoms with van der Waals surface area (Å²) in [6.07, 6.45) is 1.96. The van der Waals surface area contributed by atoms with Gasteiger partial charge in [0.2, 0.25) is 0 Å². The summed E-state index contributed by atoms with van der Waals surface area (Å²) >= 11 is 6.33. The largest absolute Gasteiger partial charge is 0.322 e. The Hall–Kier alpha value is -4.36. The standard InChI is InChI=1S/C30H25ClFN5O/c1-19-25(31)13-7-14-26(19)33-30(38)36-18-24-20(2)34-37(23-11-4-3-5-12-23)29(24)35-16-8-15-27(35)28(36)21-9-6-10-22(32)17-21/h3-17,28H,18H2,1-2H3,(H,33,38)/t28-/m1/s1. The lowest BCUT2D eigenvalue weighted by Gasteiger charge is -2.31. The van der Waals surface area contributed by atoms with Crippen LogP contribution in [0.15, 0.2) is 91.1 Å². The van der Waals surface area contributed by atoms with Crippen LogP contribution in [-0.4, -0.2) is 25.3 Å². The van der Waals surface area contributed by atoms with E-state index in [1.54, 1.807) is 23.1 Å². The number of anilines is 1. The van der Waals surface area contributed by atoms with Gasteiger partial charge in [-0.25, -0.2) is 13.9 Å². The summed E-state index contributed by atoms with van der Waals surface area (Å²) in [5.74, 6) is 0.490. The number of hydrogen-bond acceptors (Lipinski definition) is 2. The second-order valence-electron chi connectivity index (χ2n) is 9.37. The average molecular weight is 526 g/mol. The molecule has 0 saturated heterocycles. The van der Waals surface area contributed by atoms with Crippen molar-refractivity contribution in [1.29, 1.82) is 0 Å². The van der Waals surface area contributed by atoms with Crippen LogP contribution in [0.4, 0.5) is 14.9 Å². The Morgan fingerprint density at radius 2 is 1.79 bits per heavy atom. The van der Waals surface area contributed by atoms with E-state index in [0.29, 0.717) is 16.3 Å². The molecule has 6 nitrogen and oxygen atoms in total. The molecule has 8 heteroatoms. The number of aryl methyl sites for hydroxylation is 1. The first-order valence-electron chi connectivity index (χ1n) is 12.3. The Balaban J connectivity index is 1.54. The summed E-state index contributed by atoms with van der Waals surface area (Å²) in [6, 6.07) is 24.7. The number of carbonyl (C=O) groups is 1. The lowest BCUT2D eigenvalue weighted by Crippen LogP contribution is -2.38. The van der Waals surface area contributed by atoms with Crippen molar-refractivity contribution in [3.8, 4) is 11.5 Å². The van der Waals surface area contributed by atoms with Crippen molar-refractivity contribution in [2.24, 2.45) is 0 Å². The monoisotopic (exact) mass is 525 g/mol. The lowest BCUT2D eigenvalue weighted by molar-refractivity contribution is 0.194. The summed E-state index contributed by atoms with van der Waals surface area (Å²) in [5, 5.41) is 8.47. The molecule has 0 unspecified atom stereocenters. The first-order chi connectivity index (χ1) is 18.4. The van der Waals surface area contributed by atoms with Crippen molar-refractivity contribution in [2.45, 2.75) is 26.4 Å². The van der Waals surface area contributed by atoms with Crippen LogP contribution in [-0.2, 0) is 6.54 Å². The van der Waals surface area contributed by atoms with Crippen molar-refractivity contribution < 1.29 is 9.18 Å². The molecule has 0 saturated carbocycles. The number of amides is 2. The second kappa shape index (κ2) is 9.50. The van der Waals surface area contributed by atoms with Gasteiger partial charge in [-0.05, 0) is 73.5 Å². The van der Waals surface area contributed by atoms with Gasteiger partial charge in [-0.1, -0.05) is 48.0 Å². The Morgan fingerprint density at radius 1 is 1.00 bits per heavy atom. The number of aromatic nitrogens is 3. The van der Waals surface area contributed by atoms with Gasteiger partial charge in [0, 0.05) is 22.5 Å². The van der Waals surface area contributed by atoms with Gasteiger partial charge in [0.25, 0.3) is 0 Å². The quantitative estimate of drug-likeness (QED) is 0.270. The molecule has 2 aromatic heterocycles. The molecule has 0 fully saturated rings. The minimum absolute atomic E-state index is 0.266. The van der Waals surface area contributed by atoms with Gasteiger partial charge in [-0.2, -0.15) is 5.10 Å². The van der Waals surface area contributed by atoms with Gasteiger partial charge in [-0.3, -0.25) is 0 Å². The maximum atomic E-state index is 14.5. The molecule has 2 amide bonds. The lowest BCUT2D eigenvalue weighted by atomic mass is 10.0. The number of para-hydroxylation sites is 1. The molecule has 5 aromatic rings. The van der Waals surface area contributed by atoms with E-state index in [4.69, 9.17) is 16.7 Å². The average Bonchev–Trinajstić information content (AvgIpc) is 3.47. The van der Waals surface area contributed by atoms with Crippen molar-refractivity contribution in [2.75, 3.05) is 5.32 Å². The molecule has 1 N–H and O–H groups in total. The Bertz CT molecular complexity index is 1660. The molecule has 38 heavy (non-hydrogen) atoms. The smallest absolute Gasteiger partial charge is 0.307 e. The van der Waals surface area contributed by atoms with Gasteiger partial charge in [0.05, 0.1) is 29.7 Å². The molecule has 0 spiro atoms. The maximum Gasteiger partial charge on any atom is 0.322 e. The predicted molar refractivity (Wildman–Crippen MR) is 147 cm³/mol. The highest BCUT2D eigenvalue weighted by atomic mass is 35.5. The number of nitrogens with one attached hydrogen (secondary N) is 1. The molecule has 0 aliphatic carbocycles. The molecule has 0 radical (unpaired) electrons. The number of rotatable bonds is 3. The van der Waals surface area contributed by atoms with Crippen LogP contribution < -0.4 is 5.32 Å². The van der Waals surface area contributed by atoms with E-state index in [0.717, 1.165) is 34.0 Å². The van der Waals surface area contributed by atoms with Gasteiger partial charge in [-0.15, -0.1) is 0 Å². The summed E-state index contributed by atoms with van der Waals surface area (Å²) in [6.45, 7) is 4.07.